The monoisotopic (exact) mass is 348 g/mol. The van der Waals surface area contributed by atoms with Crippen molar-refractivity contribution in [3.05, 3.63) is 47.9 Å². The highest BCUT2D eigenvalue weighted by atomic mass is 16.4. The van der Waals surface area contributed by atoms with Gasteiger partial charge in [0, 0.05) is 5.69 Å². The van der Waals surface area contributed by atoms with Crippen molar-refractivity contribution in [1.82, 2.24) is 5.32 Å². The molecule has 9 heteroatoms. The van der Waals surface area contributed by atoms with E-state index in [4.69, 9.17) is 14.6 Å². The molecule has 25 heavy (non-hydrogen) atoms. The maximum absolute atomic E-state index is 12.3. The summed E-state index contributed by atoms with van der Waals surface area (Å²) < 4.78 is 5.11. The molecule has 1 atom stereocenters. The minimum Gasteiger partial charge on any atom is -0.507 e. The lowest BCUT2D eigenvalue weighted by atomic mass is 10.1. The fraction of sp³-hybridized carbons (Fsp3) is 0.188. The molecule has 0 saturated carbocycles. The molecular formula is C16H16N2O7. The minimum atomic E-state index is -1.35. The summed E-state index contributed by atoms with van der Waals surface area (Å²) in [6, 6.07) is 5.78. The van der Waals surface area contributed by atoms with E-state index < -0.39 is 36.1 Å². The number of hydrogen-bond donors (Lipinski definition) is 5. The number of aromatic carboxylic acids is 1. The number of nitrogens with one attached hydrogen (secondary N) is 2. The summed E-state index contributed by atoms with van der Waals surface area (Å²) in [5.41, 5.74) is -0.258. The average molecular weight is 348 g/mol. The molecule has 1 unspecified atom stereocenters. The minimum absolute atomic E-state index is 0.121. The molecule has 1 aromatic carbocycles. The second kappa shape index (κ2) is 7.97. The maximum Gasteiger partial charge on any atom is 0.339 e. The number of hydrogen-bond acceptors (Lipinski definition) is 6. The largest absolute Gasteiger partial charge is 0.507 e. The first-order chi connectivity index (χ1) is 11.9. The molecule has 0 aliphatic rings. The van der Waals surface area contributed by atoms with Gasteiger partial charge in [-0.3, -0.25) is 14.9 Å². The fourth-order valence-electron chi connectivity index (χ4n) is 2.08. The van der Waals surface area contributed by atoms with Gasteiger partial charge in [0.25, 0.3) is 0 Å². The van der Waals surface area contributed by atoms with E-state index in [0.717, 1.165) is 12.1 Å². The molecule has 0 radical (unpaired) electrons. The zero-order valence-electron chi connectivity index (χ0n) is 12.9. The number of aromatic hydroxyl groups is 1. The van der Waals surface area contributed by atoms with E-state index in [-0.39, 0.29) is 17.8 Å². The molecule has 1 amide bonds. The predicted octanol–water partition coefficient (Wildman–Crippen LogP) is 1.25. The molecule has 2 aromatic rings. The third-order valence-corrected chi connectivity index (χ3v) is 3.29. The van der Waals surface area contributed by atoms with Gasteiger partial charge in [0.1, 0.15) is 17.1 Å². The number of carbonyl (C=O) groups excluding carboxylic acids is 1. The van der Waals surface area contributed by atoms with E-state index in [1.54, 1.807) is 12.1 Å². The van der Waals surface area contributed by atoms with Crippen LogP contribution in [0.1, 0.15) is 22.5 Å². The molecule has 0 fully saturated rings. The Morgan fingerprint density at radius 3 is 2.52 bits per heavy atom. The second-order valence-electron chi connectivity index (χ2n) is 5.14. The number of furan rings is 1. The summed E-state index contributed by atoms with van der Waals surface area (Å²) in [5.74, 6) is -3.10. The number of aliphatic carboxylic acids is 1. The molecule has 0 bridgehead atoms. The van der Waals surface area contributed by atoms with Crippen molar-refractivity contribution >= 4 is 23.5 Å². The van der Waals surface area contributed by atoms with Crippen LogP contribution in [0.2, 0.25) is 0 Å². The lowest BCUT2D eigenvalue weighted by Crippen LogP contribution is -2.41. The summed E-state index contributed by atoms with van der Waals surface area (Å²) >= 11 is 0. The SMILES string of the molecule is O=C(O)CC(NCc1ccco1)C(=O)Nc1ccc(O)c(C(=O)O)c1. The Labute approximate surface area is 141 Å². The summed E-state index contributed by atoms with van der Waals surface area (Å²) in [7, 11) is 0. The van der Waals surface area contributed by atoms with Crippen LogP contribution in [-0.2, 0) is 16.1 Å². The first-order valence-corrected chi connectivity index (χ1v) is 7.21. The fourth-order valence-corrected chi connectivity index (χ4v) is 2.08. The van der Waals surface area contributed by atoms with Crippen LogP contribution in [-0.4, -0.2) is 39.2 Å². The first-order valence-electron chi connectivity index (χ1n) is 7.21. The number of rotatable bonds is 8. The average Bonchev–Trinajstić information content (AvgIpc) is 3.06. The van der Waals surface area contributed by atoms with Crippen LogP contribution in [0.5, 0.6) is 5.75 Å². The summed E-state index contributed by atoms with van der Waals surface area (Å²) in [5, 5.41) is 32.6. The zero-order chi connectivity index (χ0) is 18.4. The number of anilines is 1. The Bertz CT molecular complexity index is 771. The van der Waals surface area contributed by atoms with Gasteiger partial charge in [-0.15, -0.1) is 0 Å². The van der Waals surface area contributed by atoms with Crippen LogP contribution >= 0.6 is 0 Å². The molecule has 2 rings (SSSR count). The van der Waals surface area contributed by atoms with Crippen LogP contribution in [0.15, 0.2) is 41.0 Å². The lowest BCUT2D eigenvalue weighted by molar-refractivity contribution is -0.139. The number of amides is 1. The Kier molecular flexibility index (Phi) is 5.75. The number of carboxylic acid groups (broad SMARTS) is 2. The van der Waals surface area contributed by atoms with Gasteiger partial charge in [-0.05, 0) is 30.3 Å². The highest BCUT2D eigenvalue weighted by Gasteiger charge is 2.22. The molecule has 0 aliphatic heterocycles. The smallest absolute Gasteiger partial charge is 0.339 e. The highest BCUT2D eigenvalue weighted by Crippen LogP contribution is 2.21. The number of benzene rings is 1. The summed E-state index contributed by atoms with van der Waals surface area (Å²) in [4.78, 5) is 34.3. The second-order valence-corrected chi connectivity index (χ2v) is 5.14. The Balaban J connectivity index is 2.09. The van der Waals surface area contributed by atoms with Gasteiger partial charge in [-0.2, -0.15) is 0 Å². The quantitative estimate of drug-likeness (QED) is 0.448. The third kappa shape index (κ3) is 5.08. The molecule has 132 valence electrons. The molecule has 5 N–H and O–H groups in total. The van der Waals surface area contributed by atoms with Gasteiger partial charge in [0.05, 0.1) is 25.3 Å². The standard InChI is InChI=1S/C16H16N2O7/c19-13-4-3-9(6-11(13)16(23)24)18-15(22)12(7-14(20)21)17-8-10-2-1-5-25-10/h1-6,12,17,19H,7-8H2,(H,18,22)(H,20,21)(H,23,24). The van der Waals surface area contributed by atoms with Crippen LogP contribution in [0.25, 0.3) is 0 Å². The van der Waals surface area contributed by atoms with Gasteiger partial charge < -0.3 is 25.1 Å². The van der Waals surface area contributed by atoms with E-state index in [9.17, 15) is 19.5 Å². The van der Waals surface area contributed by atoms with Crippen molar-refractivity contribution in [2.45, 2.75) is 19.0 Å². The van der Waals surface area contributed by atoms with E-state index >= 15 is 0 Å². The first kappa shape index (κ1) is 18.0. The Morgan fingerprint density at radius 1 is 1.16 bits per heavy atom. The van der Waals surface area contributed by atoms with Gasteiger partial charge in [-0.1, -0.05) is 0 Å². The van der Waals surface area contributed by atoms with Crippen molar-refractivity contribution in [2.75, 3.05) is 5.32 Å². The maximum atomic E-state index is 12.3. The van der Waals surface area contributed by atoms with Crippen LogP contribution < -0.4 is 10.6 Å². The molecule has 0 saturated heterocycles. The van der Waals surface area contributed by atoms with Crippen molar-refractivity contribution in [2.24, 2.45) is 0 Å². The lowest BCUT2D eigenvalue weighted by Gasteiger charge is -2.16. The van der Waals surface area contributed by atoms with Gasteiger partial charge in [-0.25, -0.2) is 4.79 Å². The molecule has 0 spiro atoms. The molecule has 0 aliphatic carbocycles. The van der Waals surface area contributed by atoms with Gasteiger partial charge in [0.2, 0.25) is 5.91 Å². The van der Waals surface area contributed by atoms with Crippen molar-refractivity contribution in [3.63, 3.8) is 0 Å². The van der Waals surface area contributed by atoms with Crippen molar-refractivity contribution in [3.8, 4) is 5.75 Å². The molecule has 1 aromatic heterocycles. The number of carbonyl (C=O) groups is 3. The number of phenols is 1. The van der Waals surface area contributed by atoms with E-state index in [1.165, 1.54) is 12.3 Å². The van der Waals surface area contributed by atoms with E-state index in [0.29, 0.717) is 5.76 Å². The van der Waals surface area contributed by atoms with Crippen LogP contribution in [0.3, 0.4) is 0 Å². The summed E-state index contributed by atoms with van der Waals surface area (Å²) in [6.07, 6.45) is 0.976. The van der Waals surface area contributed by atoms with Crippen molar-refractivity contribution < 1.29 is 34.1 Å². The Morgan fingerprint density at radius 2 is 1.92 bits per heavy atom. The highest BCUT2D eigenvalue weighted by molar-refractivity contribution is 5.98. The molecule has 1 heterocycles. The van der Waals surface area contributed by atoms with Crippen LogP contribution in [0.4, 0.5) is 5.69 Å². The third-order valence-electron chi connectivity index (χ3n) is 3.29. The normalized spacial score (nSPS) is 11.7. The van der Waals surface area contributed by atoms with Gasteiger partial charge >= 0.3 is 11.9 Å². The Hall–Kier alpha value is -3.33. The topological polar surface area (TPSA) is 149 Å². The predicted molar refractivity (Wildman–Crippen MR) is 85.3 cm³/mol. The molecule has 9 nitrogen and oxygen atoms in total. The summed E-state index contributed by atoms with van der Waals surface area (Å²) in [6.45, 7) is 0.147. The molecular weight excluding hydrogens is 332 g/mol. The van der Waals surface area contributed by atoms with Crippen molar-refractivity contribution in [1.29, 1.82) is 0 Å². The van der Waals surface area contributed by atoms with Gasteiger partial charge in [0.15, 0.2) is 0 Å². The van der Waals surface area contributed by atoms with E-state index in [1.807, 2.05) is 0 Å². The van der Waals surface area contributed by atoms with E-state index in [2.05, 4.69) is 10.6 Å². The zero-order valence-corrected chi connectivity index (χ0v) is 12.9. The van der Waals surface area contributed by atoms with Crippen LogP contribution in [0, 0.1) is 0 Å². The number of carboxylic acids is 2.